The molecule has 0 aliphatic carbocycles. The fraction of sp³-hybridized carbons (Fsp3) is 0.667. The normalized spacial score (nSPS) is 14.2. The van der Waals surface area contributed by atoms with Gasteiger partial charge in [-0.15, -0.1) is 46.4 Å². The molecule has 0 amide bonds. The van der Waals surface area contributed by atoms with Crippen LogP contribution in [0.15, 0.2) is 20.5 Å². The van der Waals surface area contributed by atoms with E-state index in [9.17, 15) is 4.57 Å². The van der Waals surface area contributed by atoms with E-state index in [2.05, 4.69) is 31.9 Å². The van der Waals surface area contributed by atoms with Crippen LogP contribution in [0.4, 0.5) is 0 Å². The molecule has 22 heavy (non-hydrogen) atoms. The molecule has 0 atom stereocenters. The molecule has 10 heteroatoms. The second-order valence-corrected chi connectivity index (χ2v) is 8.06. The van der Waals surface area contributed by atoms with Crippen LogP contribution in [-0.2, 0) is 13.6 Å². The molecule has 0 aliphatic rings. The lowest BCUT2D eigenvalue weighted by Crippen LogP contribution is -1.96. The van der Waals surface area contributed by atoms with E-state index in [1.807, 2.05) is 0 Å². The number of allylic oxidation sites excluding steroid dienone is 4. The minimum Gasteiger partial charge on any atom is -0.226 e. The molecule has 128 valence electrons. The zero-order chi connectivity index (χ0) is 17.0. The first-order valence-corrected chi connectivity index (χ1v) is 11.1. The largest absolute Gasteiger partial charge is 0.804 e. The molecule has 0 aromatic carbocycles. The highest BCUT2D eigenvalue weighted by Gasteiger charge is 2.29. The Hall–Kier alpha value is 1.30. The molecule has 3 nitrogen and oxygen atoms in total. The lowest BCUT2D eigenvalue weighted by molar-refractivity contribution is 0.302. The first kappa shape index (κ1) is 23.3. The third kappa shape index (κ3) is 10.2. The molecule has 0 saturated heterocycles. The summed E-state index contributed by atoms with van der Waals surface area (Å²) in [7, 11) is -2.40. The number of alkyl halides is 4. The lowest BCUT2D eigenvalue weighted by Gasteiger charge is -2.04. The zero-order valence-electron chi connectivity index (χ0n) is 11.6. The minimum atomic E-state index is -2.40. The van der Waals surface area contributed by atoms with Gasteiger partial charge < -0.3 is 0 Å². The van der Waals surface area contributed by atoms with Crippen molar-refractivity contribution in [3.05, 3.63) is 20.5 Å². The maximum atomic E-state index is 12.1. The smallest absolute Gasteiger partial charge is 0.226 e. The van der Waals surface area contributed by atoms with Crippen molar-refractivity contribution in [3.63, 3.8) is 0 Å². The highest BCUT2D eigenvalue weighted by atomic mass is 79.9. The fourth-order valence-corrected chi connectivity index (χ4v) is 4.46. The summed E-state index contributed by atoms with van der Waals surface area (Å²) in [4.78, 5) is 0. The molecule has 0 aliphatic heterocycles. The zero-order valence-corrected chi connectivity index (χ0v) is 18.7. The maximum Gasteiger partial charge on any atom is 0.804 e. The number of hydrogen-bond acceptors (Lipinski definition) is 3. The molecule has 0 aromatic heterocycles. The van der Waals surface area contributed by atoms with Gasteiger partial charge >= 0.3 is 8.25 Å². The summed E-state index contributed by atoms with van der Waals surface area (Å²) < 4.78 is 24.2. The van der Waals surface area contributed by atoms with E-state index in [0.29, 0.717) is 60.7 Å². The van der Waals surface area contributed by atoms with E-state index in [1.54, 1.807) is 0 Å². The van der Waals surface area contributed by atoms with Gasteiger partial charge in [0.2, 0.25) is 0 Å². The SMILES string of the molecule is O=[P+](OC(CCCl)=C(Br)CCCl)OC(CCCl)=C(Br)CCCl. The van der Waals surface area contributed by atoms with Crippen molar-refractivity contribution in [1.29, 1.82) is 0 Å². The molecule has 0 aromatic rings. The molecule has 0 rings (SSSR count). The Balaban J connectivity index is 4.93. The highest BCUT2D eigenvalue weighted by molar-refractivity contribution is 9.12. The van der Waals surface area contributed by atoms with E-state index < -0.39 is 8.25 Å². The minimum absolute atomic E-state index is 0.330. The van der Waals surface area contributed by atoms with Crippen LogP contribution >= 0.6 is 86.5 Å². The fourth-order valence-electron chi connectivity index (χ4n) is 1.28. The first-order valence-electron chi connectivity index (χ1n) is 6.32. The topological polar surface area (TPSA) is 35.5 Å². The Morgan fingerprint density at radius 2 is 1.05 bits per heavy atom. The van der Waals surface area contributed by atoms with Crippen LogP contribution in [0.2, 0.25) is 0 Å². The van der Waals surface area contributed by atoms with Gasteiger partial charge in [-0.3, -0.25) is 0 Å². The summed E-state index contributed by atoms with van der Waals surface area (Å²) in [6, 6.07) is 0. The standard InChI is InChI=1S/C12H16Br2Cl4O3P/c13-9(1-5-15)11(3-7-17)20-22(19)21-12(4-8-18)10(14)2-6-16/h1-8H2/q+1. The molecule has 0 saturated carbocycles. The molecule has 0 radical (unpaired) electrons. The third-order valence-corrected chi connectivity index (χ3v) is 5.42. The Labute approximate surface area is 168 Å². The van der Waals surface area contributed by atoms with Gasteiger partial charge in [-0.25, -0.2) is 9.05 Å². The second kappa shape index (κ2) is 14.6. The van der Waals surface area contributed by atoms with Gasteiger partial charge in [-0.05, 0) is 12.8 Å². The van der Waals surface area contributed by atoms with Crippen molar-refractivity contribution in [3.8, 4) is 0 Å². The monoisotopic (exact) mass is 537 g/mol. The van der Waals surface area contributed by atoms with Crippen molar-refractivity contribution in [1.82, 2.24) is 0 Å². The molecular weight excluding hydrogens is 525 g/mol. The molecule has 0 bridgehead atoms. The average Bonchev–Trinajstić information content (AvgIpc) is 2.46. The highest BCUT2D eigenvalue weighted by Crippen LogP contribution is 2.38. The van der Waals surface area contributed by atoms with Gasteiger partial charge in [0.1, 0.15) is 0 Å². The summed E-state index contributed by atoms with van der Waals surface area (Å²) in [6.07, 6.45) is 1.94. The number of rotatable bonds is 12. The van der Waals surface area contributed by atoms with Gasteiger partial charge in [0.25, 0.3) is 0 Å². The molecule has 0 spiro atoms. The predicted octanol–water partition coefficient (Wildman–Crippen LogP) is 7.41. The lowest BCUT2D eigenvalue weighted by atomic mass is 10.3. The molecule has 0 heterocycles. The van der Waals surface area contributed by atoms with Gasteiger partial charge in [0.15, 0.2) is 11.5 Å². The first-order chi connectivity index (χ1) is 10.5. The van der Waals surface area contributed by atoms with E-state index in [-0.39, 0.29) is 0 Å². The summed E-state index contributed by atoms with van der Waals surface area (Å²) in [5.74, 6) is 2.41. The van der Waals surface area contributed by atoms with Crippen LogP contribution < -0.4 is 0 Å². The van der Waals surface area contributed by atoms with E-state index in [1.165, 1.54) is 0 Å². The van der Waals surface area contributed by atoms with Gasteiger partial charge in [-0.1, -0.05) is 31.9 Å². The summed E-state index contributed by atoms with van der Waals surface area (Å²) in [5, 5.41) is 0. The number of hydrogen-bond donors (Lipinski definition) is 0. The van der Waals surface area contributed by atoms with Crippen LogP contribution in [0.5, 0.6) is 0 Å². The van der Waals surface area contributed by atoms with E-state index in [4.69, 9.17) is 55.5 Å². The summed E-state index contributed by atoms with van der Waals surface area (Å²) in [6.45, 7) is 0. The van der Waals surface area contributed by atoms with Gasteiger partial charge in [0, 0.05) is 49.9 Å². The Morgan fingerprint density at radius 3 is 1.32 bits per heavy atom. The summed E-state index contributed by atoms with van der Waals surface area (Å²) >= 11 is 29.5. The van der Waals surface area contributed by atoms with E-state index in [0.717, 1.165) is 8.96 Å². The third-order valence-electron chi connectivity index (χ3n) is 2.25. The maximum absolute atomic E-state index is 12.1. The number of halogens is 6. The molecule has 0 unspecified atom stereocenters. The van der Waals surface area contributed by atoms with Crippen LogP contribution in [0.3, 0.4) is 0 Å². The van der Waals surface area contributed by atoms with Crippen molar-refractivity contribution < 1.29 is 13.6 Å². The Kier molecular flexibility index (Phi) is 15.5. The van der Waals surface area contributed by atoms with Crippen LogP contribution in [0.1, 0.15) is 25.7 Å². The van der Waals surface area contributed by atoms with E-state index >= 15 is 0 Å². The van der Waals surface area contributed by atoms with Gasteiger partial charge in [0.05, 0.1) is 0 Å². The van der Waals surface area contributed by atoms with Crippen molar-refractivity contribution in [2.24, 2.45) is 0 Å². The van der Waals surface area contributed by atoms with Crippen molar-refractivity contribution in [2.75, 3.05) is 23.5 Å². The predicted molar refractivity (Wildman–Crippen MR) is 103 cm³/mol. The average molecular weight is 541 g/mol. The van der Waals surface area contributed by atoms with Crippen LogP contribution in [-0.4, -0.2) is 23.5 Å². The second-order valence-electron chi connectivity index (χ2n) is 3.82. The quantitative estimate of drug-likeness (QED) is 0.147. The molecular formula is C12H16Br2Cl4O3P+. The van der Waals surface area contributed by atoms with Crippen molar-refractivity contribution >= 4 is 86.5 Å². The van der Waals surface area contributed by atoms with Gasteiger partial charge in [-0.2, -0.15) is 0 Å². The Bertz CT molecular complexity index is 383. The molecule has 0 fully saturated rings. The van der Waals surface area contributed by atoms with Crippen LogP contribution in [0, 0.1) is 0 Å². The summed E-state index contributed by atoms with van der Waals surface area (Å²) in [5.41, 5.74) is 0. The Morgan fingerprint density at radius 1 is 0.727 bits per heavy atom. The van der Waals surface area contributed by atoms with Crippen molar-refractivity contribution in [2.45, 2.75) is 25.7 Å². The molecule has 0 N–H and O–H groups in total. The van der Waals surface area contributed by atoms with Crippen LogP contribution in [0.25, 0.3) is 0 Å².